The number of piperazine rings is 1. The maximum absolute atomic E-state index is 13.7. The maximum Gasteiger partial charge on any atom is 0.443 e. The van der Waals surface area contributed by atoms with Gasteiger partial charge >= 0.3 is 6.18 Å². The van der Waals surface area contributed by atoms with Gasteiger partial charge in [0.05, 0.1) is 35.5 Å². The Bertz CT molecular complexity index is 1590. The molecule has 1 N–H and O–H groups in total. The molecule has 0 radical (unpaired) electrons. The van der Waals surface area contributed by atoms with E-state index in [-0.39, 0.29) is 29.9 Å². The summed E-state index contributed by atoms with van der Waals surface area (Å²) in [6, 6.07) is 14.5. The molecule has 0 aliphatic carbocycles. The van der Waals surface area contributed by atoms with Crippen molar-refractivity contribution in [1.82, 2.24) is 34.8 Å². The van der Waals surface area contributed by atoms with Crippen molar-refractivity contribution in [3.8, 4) is 17.2 Å². The molecule has 1 atom stereocenters. The van der Waals surface area contributed by atoms with Crippen molar-refractivity contribution in [2.75, 3.05) is 24.5 Å². The Kier molecular flexibility index (Phi) is 6.29. The molecule has 200 valence electrons. The van der Waals surface area contributed by atoms with Crippen LogP contribution in [0.2, 0.25) is 0 Å². The van der Waals surface area contributed by atoms with E-state index in [1.807, 2.05) is 54.3 Å². The van der Waals surface area contributed by atoms with Gasteiger partial charge < -0.3 is 14.8 Å². The monoisotopic (exact) mass is 552 g/mol. The van der Waals surface area contributed by atoms with Gasteiger partial charge in [0.1, 0.15) is 10.7 Å². The predicted molar refractivity (Wildman–Crippen MR) is 141 cm³/mol. The number of hydrogen-bond donors (Lipinski definition) is 1. The van der Waals surface area contributed by atoms with E-state index in [0.29, 0.717) is 41.5 Å². The van der Waals surface area contributed by atoms with E-state index < -0.39 is 11.2 Å². The quantitative estimate of drug-likeness (QED) is 0.343. The number of carbonyl (C=O) groups is 1. The summed E-state index contributed by atoms with van der Waals surface area (Å²) in [6.07, 6.45) is -1.28. The van der Waals surface area contributed by atoms with E-state index in [1.54, 1.807) is 23.4 Å². The molecule has 1 unspecified atom stereocenters. The summed E-state index contributed by atoms with van der Waals surface area (Å²) >= 11 is 0.602. The molecule has 1 aliphatic heterocycles. The van der Waals surface area contributed by atoms with Crippen molar-refractivity contribution in [3.05, 3.63) is 71.5 Å². The first-order valence-corrected chi connectivity index (χ1v) is 13.1. The average Bonchev–Trinajstić information content (AvgIpc) is 3.68. The number of aromatic nitrogens is 6. The van der Waals surface area contributed by atoms with Gasteiger partial charge in [-0.15, -0.1) is 0 Å². The lowest BCUT2D eigenvalue weighted by atomic mass is 10.1. The molecular weight excluding hydrogens is 529 g/mol. The van der Waals surface area contributed by atoms with Crippen LogP contribution in [-0.4, -0.2) is 66.4 Å². The van der Waals surface area contributed by atoms with Gasteiger partial charge in [-0.1, -0.05) is 41.7 Å². The Balaban J connectivity index is 1.24. The zero-order valence-corrected chi connectivity index (χ0v) is 21.6. The minimum Gasteiger partial charge on any atom is -0.358 e. The van der Waals surface area contributed by atoms with Crippen molar-refractivity contribution in [1.29, 1.82) is 0 Å². The van der Waals surface area contributed by atoms with Crippen LogP contribution in [0.4, 0.5) is 18.2 Å². The lowest BCUT2D eigenvalue weighted by Gasteiger charge is -2.40. The molecule has 39 heavy (non-hydrogen) atoms. The summed E-state index contributed by atoms with van der Waals surface area (Å²) in [6.45, 7) is 2.99. The zero-order valence-electron chi connectivity index (χ0n) is 20.8. The van der Waals surface area contributed by atoms with Crippen LogP contribution in [0.1, 0.15) is 17.5 Å². The number of alkyl halides is 3. The van der Waals surface area contributed by atoms with E-state index >= 15 is 0 Å². The van der Waals surface area contributed by atoms with Gasteiger partial charge in [0.2, 0.25) is 10.9 Å². The number of H-pyrrole nitrogens is 1. The number of aromatic amines is 1. The molecule has 2 aromatic carbocycles. The molecule has 6 rings (SSSR count). The van der Waals surface area contributed by atoms with Gasteiger partial charge in [0.15, 0.2) is 5.82 Å². The van der Waals surface area contributed by atoms with Crippen LogP contribution in [0.3, 0.4) is 0 Å². The number of carbonyl (C=O) groups excluding carboxylic acids is 1. The first-order chi connectivity index (χ1) is 18.8. The first kappa shape index (κ1) is 25.0. The summed E-state index contributed by atoms with van der Waals surface area (Å²) in [5, 5.41) is 7.80. The summed E-state index contributed by atoms with van der Waals surface area (Å²) < 4.78 is 41.1. The third kappa shape index (κ3) is 4.85. The first-order valence-electron chi connectivity index (χ1n) is 12.3. The average molecular weight is 553 g/mol. The number of amides is 1. The van der Waals surface area contributed by atoms with Gasteiger partial charge in [-0.05, 0) is 30.7 Å². The Morgan fingerprint density at radius 2 is 1.79 bits per heavy atom. The number of thiazole rings is 1. The second-order valence-corrected chi connectivity index (χ2v) is 10.3. The number of imidazole rings is 1. The number of nitrogens with zero attached hydrogens (tertiary/aromatic N) is 7. The van der Waals surface area contributed by atoms with Crippen molar-refractivity contribution in [2.24, 2.45) is 0 Å². The molecule has 1 saturated heterocycles. The number of fused-ring (bicyclic) bond motifs is 1. The topological polar surface area (TPSA) is 95.8 Å². The molecule has 3 aromatic heterocycles. The SMILES string of the molecule is CC1CN(c2sc(C(F)(F)F)nc2-c2nc3ccccc3[nH]2)CCN1C(=O)Cc1ccccc1-n1nccn1. The Morgan fingerprint density at radius 3 is 2.54 bits per heavy atom. The molecule has 0 saturated carbocycles. The standard InChI is InChI=1S/C26H23F3N8OS/c1-16-15-35(12-13-36(16)21(38)14-17-6-2-5-9-20(17)37-30-10-11-31-37)24-22(34-25(39-24)26(27,28)29)23-32-18-7-3-4-8-19(18)33-23/h2-11,16H,12-15H2,1H3,(H,32,33). The highest BCUT2D eigenvalue weighted by Gasteiger charge is 2.39. The fourth-order valence-electron chi connectivity index (χ4n) is 4.84. The van der Waals surface area contributed by atoms with Crippen LogP contribution in [0.5, 0.6) is 0 Å². The molecular formula is C26H23F3N8OS. The van der Waals surface area contributed by atoms with Gasteiger partial charge in [-0.25, -0.2) is 9.97 Å². The second kappa shape index (κ2) is 9.80. The molecule has 0 spiro atoms. The summed E-state index contributed by atoms with van der Waals surface area (Å²) in [7, 11) is 0. The van der Waals surface area contributed by atoms with Gasteiger partial charge in [0, 0.05) is 25.7 Å². The number of para-hydroxylation sites is 3. The maximum atomic E-state index is 13.7. The second-order valence-electron chi connectivity index (χ2n) is 9.28. The molecule has 9 nitrogen and oxygen atoms in total. The molecule has 13 heteroatoms. The molecule has 0 bridgehead atoms. The fraction of sp³-hybridized carbons (Fsp3) is 0.269. The highest BCUT2D eigenvalue weighted by atomic mass is 32.1. The summed E-state index contributed by atoms with van der Waals surface area (Å²) in [5.74, 6) is 0.215. The Labute approximate surface area is 224 Å². The molecule has 1 aliphatic rings. The number of benzene rings is 2. The third-order valence-electron chi connectivity index (χ3n) is 6.67. The minimum atomic E-state index is -4.58. The molecule has 5 aromatic rings. The van der Waals surface area contributed by atoms with E-state index in [1.165, 1.54) is 4.80 Å². The number of rotatable bonds is 5. The minimum absolute atomic E-state index is 0.0699. The van der Waals surface area contributed by atoms with Crippen LogP contribution in [-0.2, 0) is 17.4 Å². The van der Waals surface area contributed by atoms with Crippen molar-refractivity contribution < 1.29 is 18.0 Å². The molecule has 4 heterocycles. The van der Waals surface area contributed by atoms with Crippen molar-refractivity contribution >= 4 is 33.3 Å². The van der Waals surface area contributed by atoms with E-state index in [4.69, 9.17) is 0 Å². The largest absolute Gasteiger partial charge is 0.443 e. The summed E-state index contributed by atoms with van der Waals surface area (Å²) in [5.41, 5.74) is 3.04. The number of anilines is 1. The van der Waals surface area contributed by atoms with Gasteiger partial charge in [-0.2, -0.15) is 28.2 Å². The summed E-state index contributed by atoms with van der Waals surface area (Å²) in [4.78, 5) is 30.0. The molecule has 1 amide bonds. The number of hydrogen-bond acceptors (Lipinski definition) is 7. The Morgan fingerprint density at radius 1 is 1.05 bits per heavy atom. The zero-order chi connectivity index (χ0) is 27.1. The lowest BCUT2D eigenvalue weighted by Crippen LogP contribution is -2.54. The molecule has 1 fully saturated rings. The normalized spacial score (nSPS) is 16.3. The highest BCUT2D eigenvalue weighted by molar-refractivity contribution is 7.16. The van der Waals surface area contributed by atoms with E-state index in [9.17, 15) is 18.0 Å². The van der Waals surface area contributed by atoms with Crippen LogP contribution >= 0.6 is 11.3 Å². The van der Waals surface area contributed by atoms with Crippen molar-refractivity contribution in [2.45, 2.75) is 25.6 Å². The van der Waals surface area contributed by atoms with Crippen molar-refractivity contribution in [3.63, 3.8) is 0 Å². The predicted octanol–water partition coefficient (Wildman–Crippen LogP) is 4.57. The fourth-order valence-corrected chi connectivity index (χ4v) is 5.81. The van der Waals surface area contributed by atoms with Crippen LogP contribution in [0, 0.1) is 0 Å². The van der Waals surface area contributed by atoms with Gasteiger partial charge in [-0.3, -0.25) is 4.79 Å². The van der Waals surface area contributed by atoms with E-state index in [0.717, 1.165) is 16.8 Å². The number of nitrogens with one attached hydrogen (secondary N) is 1. The lowest BCUT2D eigenvalue weighted by molar-refractivity contribution is -0.137. The van der Waals surface area contributed by atoms with Crippen LogP contribution in [0.15, 0.2) is 60.9 Å². The third-order valence-corrected chi connectivity index (χ3v) is 7.83. The number of halogens is 3. The Hall–Kier alpha value is -4.26. The smallest absolute Gasteiger partial charge is 0.358 e. The van der Waals surface area contributed by atoms with E-state index in [2.05, 4.69) is 25.1 Å². The van der Waals surface area contributed by atoms with Crippen LogP contribution < -0.4 is 4.90 Å². The van der Waals surface area contributed by atoms with Crippen LogP contribution in [0.25, 0.3) is 28.2 Å². The highest BCUT2D eigenvalue weighted by Crippen LogP contribution is 2.42. The van der Waals surface area contributed by atoms with Gasteiger partial charge in [0.25, 0.3) is 0 Å².